The summed E-state index contributed by atoms with van der Waals surface area (Å²) in [5.41, 5.74) is 1.31. The van der Waals surface area contributed by atoms with Crippen LogP contribution >= 0.6 is 0 Å². The molecule has 2 aromatic rings. The van der Waals surface area contributed by atoms with Crippen LogP contribution in [0.3, 0.4) is 0 Å². The van der Waals surface area contributed by atoms with Gasteiger partial charge in [0, 0.05) is 39.8 Å². The minimum Gasteiger partial charge on any atom is -0.463 e. The summed E-state index contributed by atoms with van der Waals surface area (Å²) in [7, 11) is 0. The standard InChI is InChI=1S/C38H42O17/c1-22(39)47-20-29-34(50-24(3)41)33(46)35(51-25(4)42)37(52-29)55-38(21-49-23(2)40)36(53-31(44)18-16-27-13-9-6-10-14-27)32(45)28(54-38)19-48-30(43)17-15-26-11-7-5-8-12-26/h5-18,28-29,32-37,45-46H,19-21H2,1-4H3/b17-15+,18-16+/t28-,29-,32-,33+,34-,35-,36+,37-,38+/m1/s1. The van der Waals surface area contributed by atoms with Gasteiger partial charge in [0.1, 0.15) is 44.2 Å². The molecule has 0 radical (unpaired) electrons. The van der Waals surface area contributed by atoms with Crippen molar-refractivity contribution in [2.24, 2.45) is 0 Å². The third kappa shape index (κ3) is 12.3. The number of ether oxygens (including phenoxy) is 9. The number of aliphatic hydroxyl groups excluding tert-OH is 2. The fraction of sp³-hybridized carbons (Fsp3) is 0.421. The molecule has 0 saturated carbocycles. The van der Waals surface area contributed by atoms with E-state index in [9.17, 15) is 39.0 Å². The summed E-state index contributed by atoms with van der Waals surface area (Å²) in [5, 5.41) is 23.0. The number of carbonyl (C=O) groups excluding carboxylic acids is 6. The van der Waals surface area contributed by atoms with Crippen molar-refractivity contribution >= 4 is 48.0 Å². The normalized spacial score (nSPS) is 27.6. The number of rotatable bonds is 15. The second kappa shape index (κ2) is 19.7. The Kier molecular flexibility index (Phi) is 15.2. The van der Waals surface area contributed by atoms with E-state index in [4.69, 9.17) is 42.6 Å². The molecule has 17 nitrogen and oxygen atoms in total. The molecule has 0 unspecified atom stereocenters. The summed E-state index contributed by atoms with van der Waals surface area (Å²) < 4.78 is 50.1. The van der Waals surface area contributed by atoms with Crippen LogP contribution in [-0.2, 0) is 71.4 Å². The second-order valence-electron chi connectivity index (χ2n) is 12.3. The molecule has 2 fully saturated rings. The Morgan fingerprint density at radius 3 is 1.71 bits per heavy atom. The molecular formula is C38H42O17. The molecule has 2 aromatic carbocycles. The average molecular weight is 771 g/mol. The number of hydrogen-bond acceptors (Lipinski definition) is 17. The molecule has 2 saturated heterocycles. The van der Waals surface area contributed by atoms with Gasteiger partial charge in [0.25, 0.3) is 0 Å². The lowest BCUT2D eigenvalue weighted by atomic mass is 9.98. The quantitative estimate of drug-likeness (QED) is 0.148. The molecule has 0 aliphatic carbocycles. The molecule has 0 amide bonds. The summed E-state index contributed by atoms with van der Waals surface area (Å²) >= 11 is 0. The predicted molar refractivity (Wildman–Crippen MR) is 186 cm³/mol. The van der Waals surface area contributed by atoms with Crippen LogP contribution in [0.4, 0.5) is 0 Å². The lowest BCUT2D eigenvalue weighted by Crippen LogP contribution is -2.65. The smallest absolute Gasteiger partial charge is 0.331 e. The molecule has 0 spiro atoms. The maximum Gasteiger partial charge on any atom is 0.331 e. The van der Waals surface area contributed by atoms with Crippen molar-refractivity contribution in [3.8, 4) is 0 Å². The van der Waals surface area contributed by atoms with Crippen molar-refractivity contribution in [3.63, 3.8) is 0 Å². The maximum atomic E-state index is 13.3. The van der Waals surface area contributed by atoms with Crippen molar-refractivity contribution in [1.29, 1.82) is 0 Å². The van der Waals surface area contributed by atoms with Crippen molar-refractivity contribution in [1.82, 2.24) is 0 Å². The van der Waals surface area contributed by atoms with E-state index in [0.29, 0.717) is 11.1 Å². The van der Waals surface area contributed by atoms with Crippen LogP contribution in [0.2, 0.25) is 0 Å². The van der Waals surface area contributed by atoms with E-state index >= 15 is 0 Å². The van der Waals surface area contributed by atoms with Gasteiger partial charge < -0.3 is 52.8 Å². The van der Waals surface area contributed by atoms with Gasteiger partial charge in [-0.25, -0.2) is 9.59 Å². The van der Waals surface area contributed by atoms with Gasteiger partial charge in [0.2, 0.25) is 12.1 Å². The van der Waals surface area contributed by atoms with Gasteiger partial charge in [-0.1, -0.05) is 60.7 Å². The average Bonchev–Trinajstić information content (AvgIpc) is 3.39. The van der Waals surface area contributed by atoms with Gasteiger partial charge in [-0.15, -0.1) is 0 Å². The van der Waals surface area contributed by atoms with E-state index in [1.807, 2.05) is 0 Å². The van der Waals surface area contributed by atoms with E-state index in [1.54, 1.807) is 60.7 Å². The van der Waals surface area contributed by atoms with E-state index in [2.05, 4.69) is 0 Å². The summed E-state index contributed by atoms with van der Waals surface area (Å²) in [5.74, 6) is -7.86. The highest BCUT2D eigenvalue weighted by Crippen LogP contribution is 2.40. The third-order valence-electron chi connectivity index (χ3n) is 8.00. The molecule has 2 aliphatic rings. The molecule has 0 aromatic heterocycles. The van der Waals surface area contributed by atoms with Crippen LogP contribution in [0, 0.1) is 0 Å². The minimum atomic E-state index is -2.53. The molecule has 17 heteroatoms. The molecule has 2 aliphatic heterocycles. The van der Waals surface area contributed by atoms with Gasteiger partial charge in [0.15, 0.2) is 18.3 Å². The van der Waals surface area contributed by atoms with Gasteiger partial charge >= 0.3 is 35.8 Å². The number of carbonyl (C=O) groups is 6. The zero-order valence-electron chi connectivity index (χ0n) is 30.3. The lowest BCUT2D eigenvalue weighted by Gasteiger charge is -2.45. The van der Waals surface area contributed by atoms with Crippen LogP contribution in [0.25, 0.3) is 12.2 Å². The molecule has 4 rings (SSSR count). The number of hydrogen-bond donors (Lipinski definition) is 2. The van der Waals surface area contributed by atoms with Gasteiger partial charge in [-0.05, 0) is 23.3 Å². The van der Waals surface area contributed by atoms with E-state index < -0.39 is 110 Å². The van der Waals surface area contributed by atoms with Crippen LogP contribution in [-0.4, -0.2) is 121 Å². The fourth-order valence-corrected chi connectivity index (χ4v) is 5.60. The topological polar surface area (TPSA) is 226 Å². The molecule has 0 bridgehead atoms. The SMILES string of the molecule is CC(=O)OC[C@H]1O[C@H](O[C@]2(COC(C)=O)O[C@H](COC(=O)/C=C/c3ccccc3)[C@@H](O)[C@@H]2OC(=O)/C=C/c2ccccc2)[C@H](OC(C)=O)[C@@H](O)[C@@H]1OC(C)=O. The Balaban J connectivity index is 1.71. The van der Waals surface area contributed by atoms with Crippen molar-refractivity contribution < 1.29 is 81.6 Å². The Morgan fingerprint density at radius 1 is 0.636 bits per heavy atom. The lowest BCUT2D eigenvalue weighted by molar-refractivity contribution is -0.384. The van der Waals surface area contributed by atoms with Crippen LogP contribution in [0.15, 0.2) is 72.8 Å². The van der Waals surface area contributed by atoms with Crippen LogP contribution in [0.5, 0.6) is 0 Å². The maximum absolute atomic E-state index is 13.3. The molecule has 55 heavy (non-hydrogen) atoms. The first-order chi connectivity index (χ1) is 26.2. The zero-order valence-corrected chi connectivity index (χ0v) is 30.3. The van der Waals surface area contributed by atoms with Gasteiger partial charge in [-0.3, -0.25) is 19.2 Å². The van der Waals surface area contributed by atoms with Crippen LogP contribution < -0.4 is 0 Å². The zero-order chi connectivity index (χ0) is 40.1. The number of aliphatic hydroxyl groups is 2. The Hall–Kier alpha value is -5.46. The summed E-state index contributed by atoms with van der Waals surface area (Å²) in [6.45, 7) is 2.01. The number of benzene rings is 2. The molecule has 2 heterocycles. The van der Waals surface area contributed by atoms with Crippen molar-refractivity contribution in [2.75, 3.05) is 19.8 Å². The Morgan fingerprint density at radius 2 is 1.16 bits per heavy atom. The van der Waals surface area contributed by atoms with Crippen LogP contribution in [0.1, 0.15) is 38.8 Å². The summed E-state index contributed by atoms with van der Waals surface area (Å²) in [6, 6.07) is 17.5. The first kappa shape index (κ1) is 42.3. The van der Waals surface area contributed by atoms with Gasteiger partial charge in [0.05, 0.1) is 0 Å². The highest BCUT2D eigenvalue weighted by molar-refractivity contribution is 5.87. The highest BCUT2D eigenvalue weighted by atomic mass is 16.8. The molecule has 296 valence electrons. The highest BCUT2D eigenvalue weighted by Gasteiger charge is 2.63. The van der Waals surface area contributed by atoms with E-state index in [0.717, 1.165) is 39.8 Å². The Labute approximate surface area is 315 Å². The monoisotopic (exact) mass is 770 g/mol. The first-order valence-corrected chi connectivity index (χ1v) is 17.0. The third-order valence-corrected chi connectivity index (χ3v) is 8.00. The largest absolute Gasteiger partial charge is 0.463 e. The minimum absolute atomic E-state index is 0.602. The second-order valence-corrected chi connectivity index (χ2v) is 12.3. The summed E-state index contributed by atoms with van der Waals surface area (Å²) in [6.07, 6.45) is -8.86. The first-order valence-electron chi connectivity index (χ1n) is 17.0. The predicted octanol–water partition coefficient (Wildman–Crippen LogP) is 1.42. The van der Waals surface area contributed by atoms with E-state index in [-0.39, 0.29) is 0 Å². The van der Waals surface area contributed by atoms with Crippen molar-refractivity contribution in [3.05, 3.63) is 83.9 Å². The van der Waals surface area contributed by atoms with E-state index in [1.165, 1.54) is 12.2 Å². The number of esters is 6. The Bertz CT molecular complexity index is 1710. The molecule has 9 atom stereocenters. The molecule has 2 N–H and O–H groups in total. The summed E-state index contributed by atoms with van der Waals surface area (Å²) in [4.78, 5) is 74.1. The fourth-order valence-electron chi connectivity index (χ4n) is 5.60. The van der Waals surface area contributed by atoms with Crippen molar-refractivity contribution in [2.45, 2.75) is 82.5 Å². The van der Waals surface area contributed by atoms with Gasteiger partial charge in [-0.2, -0.15) is 0 Å². The molecular weight excluding hydrogens is 728 g/mol.